The van der Waals surface area contributed by atoms with Gasteiger partial charge in [-0.15, -0.1) is 11.8 Å². The van der Waals surface area contributed by atoms with E-state index in [0.29, 0.717) is 24.9 Å². The summed E-state index contributed by atoms with van der Waals surface area (Å²) >= 11 is 1.37. The van der Waals surface area contributed by atoms with Crippen LogP contribution in [0.5, 0.6) is 0 Å². The van der Waals surface area contributed by atoms with Gasteiger partial charge in [0.05, 0.1) is 10.9 Å². The van der Waals surface area contributed by atoms with Crippen LogP contribution in [0.3, 0.4) is 0 Å². The number of hydrogen-bond donors (Lipinski definition) is 2. The van der Waals surface area contributed by atoms with E-state index in [9.17, 15) is 13.2 Å². The minimum atomic E-state index is -3.84. The summed E-state index contributed by atoms with van der Waals surface area (Å²) < 4.78 is 28.6. The maximum Gasteiger partial charge on any atom is 0.249 e. The minimum absolute atomic E-state index is 0.198. The molecule has 3 aromatic rings. The molecule has 2 aliphatic heterocycles. The standard InChI is InChI=1S/C30H36N4O3S2/c31-22-26-12-7-18-33(26)19-17-28(25-10-5-2-6-11-25)32-29(35)30-34(20-21-38-30)39(36,37)27-15-13-24(14-16-27)23-8-3-1-4-9-23/h1-6,8-11,13-16,26,28,30H,7,12,17-22,31H2,(H,32,35)/t26-,28?,30?/m1/s1. The molecule has 0 spiro atoms. The van der Waals surface area contributed by atoms with E-state index in [0.717, 1.165) is 49.0 Å². The highest BCUT2D eigenvalue weighted by molar-refractivity contribution is 8.02. The third-order valence-electron chi connectivity index (χ3n) is 7.64. The Bertz CT molecular complexity index is 1340. The molecule has 2 aliphatic rings. The molecule has 2 heterocycles. The van der Waals surface area contributed by atoms with E-state index in [-0.39, 0.29) is 16.8 Å². The average Bonchev–Trinajstić information content (AvgIpc) is 3.66. The van der Waals surface area contributed by atoms with Gasteiger partial charge in [-0.1, -0.05) is 72.8 Å². The molecule has 3 atom stereocenters. The Kier molecular flexibility index (Phi) is 9.04. The molecule has 0 bridgehead atoms. The van der Waals surface area contributed by atoms with Crippen molar-refractivity contribution in [3.8, 4) is 11.1 Å². The molecule has 0 aliphatic carbocycles. The first kappa shape index (κ1) is 27.9. The summed E-state index contributed by atoms with van der Waals surface area (Å²) in [4.78, 5) is 16.2. The van der Waals surface area contributed by atoms with Crippen molar-refractivity contribution in [2.24, 2.45) is 5.73 Å². The van der Waals surface area contributed by atoms with Crippen LogP contribution in [0.25, 0.3) is 11.1 Å². The second-order valence-electron chi connectivity index (χ2n) is 10.1. The van der Waals surface area contributed by atoms with Crippen LogP contribution in [0.15, 0.2) is 89.8 Å². The van der Waals surface area contributed by atoms with Gasteiger partial charge in [0.2, 0.25) is 15.9 Å². The second-order valence-corrected chi connectivity index (χ2v) is 13.1. The Hall–Kier alpha value is -2.69. The van der Waals surface area contributed by atoms with Crippen LogP contribution < -0.4 is 11.1 Å². The molecule has 9 heteroatoms. The number of hydrogen-bond acceptors (Lipinski definition) is 6. The van der Waals surface area contributed by atoms with E-state index in [1.165, 1.54) is 16.1 Å². The fourth-order valence-electron chi connectivity index (χ4n) is 5.49. The van der Waals surface area contributed by atoms with Crippen molar-refractivity contribution in [2.45, 2.75) is 41.6 Å². The molecule has 2 fully saturated rings. The van der Waals surface area contributed by atoms with Crippen LogP contribution in [0.4, 0.5) is 0 Å². The molecule has 3 N–H and O–H groups in total. The van der Waals surface area contributed by atoms with Gasteiger partial charge < -0.3 is 11.1 Å². The van der Waals surface area contributed by atoms with Crippen LogP contribution in [-0.2, 0) is 14.8 Å². The van der Waals surface area contributed by atoms with E-state index >= 15 is 0 Å². The Morgan fingerprint density at radius 3 is 2.31 bits per heavy atom. The van der Waals surface area contributed by atoms with E-state index in [1.54, 1.807) is 12.1 Å². The lowest BCUT2D eigenvalue weighted by Gasteiger charge is -2.28. The average molecular weight is 565 g/mol. The summed E-state index contributed by atoms with van der Waals surface area (Å²) in [6, 6.07) is 26.8. The zero-order valence-electron chi connectivity index (χ0n) is 22.0. The number of benzene rings is 3. The maximum atomic E-state index is 13.6. The van der Waals surface area contributed by atoms with Crippen LogP contribution >= 0.6 is 11.8 Å². The summed E-state index contributed by atoms with van der Waals surface area (Å²) in [6.45, 7) is 2.79. The summed E-state index contributed by atoms with van der Waals surface area (Å²) in [7, 11) is -3.84. The van der Waals surface area contributed by atoms with Crippen molar-refractivity contribution in [1.82, 2.24) is 14.5 Å². The smallest absolute Gasteiger partial charge is 0.249 e. The quantitative estimate of drug-likeness (QED) is 0.385. The molecule has 7 nitrogen and oxygen atoms in total. The lowest BCUT2D eigenvalue weighted by atomic mass is 10.0. The first-order chi connectivity index (χ1) is 19.0. The van der Waals surface area contributed by atoms with Gasteiger partial charge in [-0.05, 0) is 54.6 Å². The fourth-order valence-corrected chi connectivity index (χ4v) is 8.58. The van der Waals surface area contributed by atoms with E-state index < -0.39 is 15.4 Å². The number of likely N-dealkylation sites (tertiary alicyclic amines) is 1. The highest BCUT2D eigenvalue weighted by Crippen LogP contribution is 2.32. The molecule has 0 radical (unpaired) electrons. The summed E-state index contributed by atoms with van der Waals surface area (Å²) in [5.41, 5.74) is 8.95. The monoisotopic (exact) mass is 564 g/mol. The Balaban J connectivity index is 1.30. The molecule has 1 amide bonds. The summed E-state index contributed by atoms with van der Waals surface area (Å²) in [5, 5.41) is 2.39. The van der Waals surface area contributed by atoms with Gasteiger partial charge in [-0.3, -0.25) is 9.69 Å². The first-order valence-corrected chi connectivity index (χ1v) is 16.0. The molecule has 2 unspecified atom stereocenters. The molecule has 0 saturated carbocycles. The van der Waals surface area contributed by atoms with E-state index in [4.69, 9.17) is 5.73 Å². The molecular formula is C30H36N4O3S2. The molecule has 5 rings (SSSR count). The summed E-state index contributed by atoms with van der Waals surface area (Å²) in [5.74, 6) is 0.300. The number of rotatable bonds is 10. The number of thioether (sulfide) groups is 1. The van der Waals surface area contributed by atoms with Crippen molar-refractivity contribution in [3.05, 3.63) is 90.5 Å². The predicted molar refractivity (Wildman–Crippen MR) is 158 cm³/mol. The van der Waals surface area contributed by atoms with Crippen molar-refractivity contribution < 1.29 is 13.2 Å². The number of nitrogens with two attached hydrogens (primary N) is 1. The molecular weight excluding hydrogens is 528 g/mol. The van der Waals surface area contributed by atoms with Gasteiger partial charge in [0.25, 0.3) is 0 Å². The first-order valence-electron chi connectivity index (χ1n) is 13.6. The van der Waals surface area contributed by atoms with Gasteiger partial charge in [-0.2, -0.15) is 4.31 Å². The highest BCUT2D eigenvalue weighted by atomic mass is 32.2. The van der Waals surface area contributed by atoms with Crippen molar-refractivity contribution in [3.63, 3.8) is 0 Å². The lowest BCUT2D eigenvalue weighted by Crippen LogP contribution is -2.46. The SMILES string of the molecule is NC[C@H]1CCCN1CCC(NC(=O)C1SCCN1S(=O)(=O)c1ccc(-c2ccccc2)cc1)c1ccccc1. The summed E-state index contributed by atoms with van der Waals surface area (Å²) in [6.07, 6.45) is 2.98. The van der Waals surface area contributed by atoms with Gasteiger partial charge >= 0.3 is 0 Å². The number of nitrogens with zero attached hydrogens (tertiary/aromatic N) is 2. The number of nitrogens with one attached hydrogen (secondary N) is 1. The number of carbonyl (C=O) groups excluding carboxylic acids is 1. The van der Waals surface area contributed by atoms with Gasteiger partial charge in [0, 0.05) is 31.4 Å². The van der Waals surface area contributed by atoms with Gasteiger partial charge in [0.1, 0.15) is 5.37 Å². The van der Waals surface area contributed by atoms with Gasteiger partial charge in [0.15, 0.2) is 0 Å². The zero-order chi connectivity index (χ0) is 27.2. The fraction of sp³-hybridized carbons (Fsp3) is 0.367. The molecule has 0 aromatic heterocycles. The van der Waals surface area contributed by atoms with Crippen LogP contribution in [-0.4, -0.2) is 66.9 Å². The second kappa shape index (κ2) is 12.7. The van der Waals surface area contributed by atoms with E-state index in [1.807, 2.05) is 72.8 Å². The van der Waals surface area contributed by atoms with Crippen molar-refractivity contribution in [1.29, 1.82) is 0 Å². The van der Waals surface area contributed by atoms with E-state index in [2.05, 4.69) is 10.2 Å². The van der Waals surface area contributed by atoms with Crippen LogP contribution in [0.2, 0.25) is 0 Å². The number of sulfonamides is 1. The normalized spacial score (nSPS) is 21.2. The van der Waals surface area contributed by atoms with Crippen molar-refractivity contribution >= 4 is 27.7 Å². The molecule has 2 saturated heterocycles. The van der Waals surface area contributed by atoms with Crippen LogP contribution in [0.1, 0.15) is 30.9 Å². The van der Waals surface area contributed by atoms with Gasteiger partial charge in [-0.25, -0.2) is 8.42 Å². The third-order valence-corrected chi connectivity index (χ3v) is 10.9. The Morgan fingerprint density at radius 2 is 1.62 bits per heavy atom. The third kappa shape index (κ3) is 6.39. The molecule has 206 valence electrons. The predicted octanol–water partition coefficient (Wildman–Crippen LogP) is 4.09. The zero-order valence-corrected chi connectivity index (χ0v) is 23.6. The largest absolute Gasteiger partial charge is 0.347 e. The number of carbonyl (C=O) groups is 1. The number of amides is 1. The highest BCUT2D eigenvalue weighted by Gasteiger charge is 2.41. The minimum Gasteiger partial charge on any atom is -0.347 e. The Morgan fingerprint density at radius 1 is 0.949 bits per heavy atom. The molecule has 39 heavy (non-hydrogen) atoms. The Labute approximate surface area is 235 Å². The van der Waals surface area contributed by atoms with Crippen LogP contribution in [0, 0.1) is 0 Å². The van der Waals surface area contributed by atoms with Crippen molar-refractivity contribution in [2.75, 3.05) is 31.9 Å². The maximum absolute atomic E-state index is 13.6. The molecule has 3 aromatic carbocycles. The lowest BCUT2D eigenvalue weighted by molar-refractivity contribution is -0.123. The topological polar surface area (TPSA) is 95.7 Å².